The summed E-state index contributed by atoms with van der Waals surface area (Å²) >= 11 is 5.94. The van der Waals surface area contributed by atoms with Crippen LogP contribution in [0.4, 0.5) is 5.69 Å². The molecule has 0 bridgehead atoms. The van der Waals surface area contributed by atoms with Crippen molar-refractivity contribution in [2.75, 3.05) is 25.0 Å². The normalized spacial score (nSPS) is 10.9. The number of aliphatic hydroxyl groups excluding tert-OH is 1. The molecule has 0 radical (unpaired) electrons. The summed E-state index contributed by atoms with van der Waals surface area (Å²) in [5.41, 5.74) is 0.119. The molecule has 0 atom stereocenters. The third-order valence-corrected chi connectivity index (χ3v) is 2.65. The second-order valence-corrected chi connectivity index (χ2v) is 4.54. The summed E-state index contributed by atoms with van der Waals surface area (Å²) < 4.78 is 1.14. The van der Waals surface area contributed by atoms with E-state index < -0.39 is 5.56 Å². The summed E-state index contributed by atoms with van der Waals surface area (Å²) in [6, 6.07) is 0.415. The number of aromatic nitrogens is 2. The molecule has 0 spiro atoms. The summed E-state index contributed by atoms with van der Waals surface area (Å²) in [7, 11) is 0. The van der Waals surface area contributed by atoms with E-state index >= 15 is 0 Å². The molecule has 1 aromatic rings. The lowest BCUT2D eigenvalue weighted by molar-refractivity contribution is 0.266. The predicted molar refractivity (Wildman–Crippen MR) is 72.2 cm³/mol. The van der Waals surface area contributed by atoms with Gasteiger partial charge in [0.25, 0.3) is 5.56 Å². The average molecular weight is 275 g/mol. The highest BCUT2D eigenvalue weighted by atomic mass is 35.5. The van der Waals surface area contributed by atoms with Crippen molar-refractivity contribution < 1.29 is 5.11 Å². The van der Waals surface area contributed by atoms with Gasteiger partial charge in [0, 0.05) is 19.1 Å². The highest BCUT2D eigenvalue weighted by Gasteiger charge is 2.08. The monoisotopic (exact) mass is 274 g/mol. The van der Waals surface area contributed by atoms with Crippen LogP contribution < -0.4 is 16.2 Å². The first-order valence-electron chi connectivity index (χ1n) is 5.90. The van der Waals surface area contributed by atoms with E-state index in [1.54, 1.807) is 0 Å². The predicted octanol–water partition coefficient (Wildman–Crippen LogP) is 0.299. The first kappa shape index (κ1) is 14.9. The van der Waals surface area contributed by atoms with E-state index in [9.17, 15) is 4.79 Å². The van der Waals surface area contributed by atoms with Crippen molar-refractivity contribution in [1.82, 2.24) is 15.1 Å². The van der Waals surface area contributed by atoms with Gasteiger partial charge in [-0.25, -0.2) is 4.68 Å². The Kier molecular flexibility index (Phi) is 6.11. The number of aliphatic hydroxyl groups is 1. The van der Waals surface area contributed by atoms with Gasteiger partial charge in [-0.2, -0.15) is 5.10 Å². The first-order valence-corrected chi connectivity index (χ1v) is 6.27. The van der Waals surface area contributed by atoms with Gasteiger partial charge >= 0.3 is 0 Å². The second kappa shape index (κ2) is 7.35. The van der Waals surface area contributed by atoms with Crippen molar-refractivity contribution >= 4 is 17.3 Å². The van der Waals surface area contributed by atoms with Crippen molar-refractivity contribution in [3.8, 4) is 0 Å². The van der Waals surface area contributed by atoms with Gasteiger partial charge in [0.15, 0.2) is 0 Å². The van der Waals surface area contributed by atoms with Gasteiger partial charge in [-0.15, -0.1) is 0 Å². The molecule has 18 heavy (non-hydrogen) atoms. The van der Waals surface area contributed by atoms with Crippen molar-refractivity contribution in [1.29, 1.82) is 0 Å². The highest BCUT2D eigenvalue weighted by molar-refractivity contribution is 6.32. The van der Waals surface area contributed by atoms with Crippen LogP contribution in [0, 0.1) is 0 Å². The molecule has 1 heterocycles. The van der Waals surface area contributed by atoms with Gasteiger partial charge in [-0.1, -0.05) is 25.4 Å². The van der Waals surface area contributed by atoms with E-state index in [4.69, 9.17) is 16.7 Å². The van der Waals surface area contributed by atoms with Gasteiger partial charge in [-0.3, -0.25) is 4.79 Å². The van der Waals surface area contributed by atoms with Crippen LogP contribution in [0.25, 0.3) is 0 Å². The lowest BCUT2D eigenvalue weighted by Crippen LogP contribution is -2.29. The number of hydrogen-bond acceptors (Lipinski definition) is 5. The number of rotatable bonds is 7. The number of halogens is 1. The third-order valence-electron chi connectivity index (χ3n) is 2.29. The lowest BCUT2D eigenvalue weighted by atomic mass is 10.4. The molecular weight excluding hydrogens is 256 g/mol. The van der Waals surface area contributed by atoms with Gasteiger partial charge in [0.2, 0.25) is 0 Å². The minimum atomic E-state index is -0.396. The fourth-order valence-corrected chi connectivity index (χ4v) is 1.61. The van der Waals surface area contributed by atoms with Crippen molar-refractivity contribution in [3.63, 3.8) is 0 Å². The van der Waals surface area contributed by atoms with E-state index in [-0.39, 0.29) is 18.2 Å². The molecule has 0 fully saturated rings. The molecular formula is C11H19ClN4O2. The molecule has 7 heteroatoms. The largest absolute Gasteiger partial charge is 0.394 e. The minimum Gasteiger partial charge on any atom is -0.394 e. The summed E-state index contributed by atoms with van der Waals surface area (Å²) in [4.78, 5) is 11.7. The van der Waals surface area contributed by atoms with E-state index in [2.05, 4.69) is 29.6 Å². The number of nitrogens with one attached hydrogen (secondary N) is 2. The summed E-state index contributed by atoms with van der Waals surface area (Å²) in [6.07, 6.45) is 1.49. The molecule has 6 nitrogen and oxygen atoms in total. The Hall–Kier alpha value is -1.11. The molecule has 0 aliphatic heterocycles. The van der Waals surface area contributed by atoms with Gasteiger partial charge in [0.1, 0.15) is 5.02 Å². The number of nitrogens with zero attached hydrogens (tertiary/aromatic N) is 2. The van der Waals surface area contributed by atoms with E-state index in [0.29, 0.717) is 18.3 Å². The molecule has 0 saturated carbocycles. The maximum absolute atomic E-state index is 11.7. The molecule has 0 aliphatic rings. The third kappa shape index (κ3) is 4.29. The Labute approximate surface area is 111 Å². The second-order valence-electron chi connectivity index (χ2n) is 4.16. The molecule has 1 aromatic heterocycles. The molecule has 3 N–H and O–H groups in total. The molecule has 102 valence electrons. The maximum Gasteiger partial charge on any atom is 0.287 e. The first-order chi connectivity index (χ1) is 8.56. The zero-order valence-electron chi connectivity index (χ0n) is 10.6. The van der Waals surface area contributed by atoms with E-state index in [0.717, 1.165) is 11.2 Å². The smallest absolute Gasteiger partial charge is 0.287 e. The molecule has 0 unspecified atom stereocenters. The summed E-state index contributed by atoms with van der Waals surface area (Å²) in [5, 5.41) is 19.1. The van der Waals surface area contributed by atoms with E-state index in [1.165, 1.54) is 6.20 Å². The molecule has 0 aromatic carbocycles. The zero-order chi connectivity index (χ0) is 13.5. The Morgan fingerprint density at radius 3 is 2.83 bits per heavy atom. The van der Waals surface area contributed by atoms with Crippen LogP contribution >= 0.6 is 11.6 Å². The molecule has 1 rings (SSSR count). The van der Waals surface area contributed by atoms with E-state index in [1.807, 2.05) is 0 Å². The average Bonchev–Trinajstić information content (AvgIpc) is 2.33. The van der Waals surface area contributed by atoms with Gasteiger partial charge < -0.3 is 15.7 Å². The van der Waals surface area contributed by atoms with Crippen LogP contribution in [0.15, 0.2) is 11.0 Å². The van der Waals surface area contributed by atoms with Crippen molar-refractivity contribution in [3.05, 3.63) is 21.6 Å². The molecule has 0 aliphatic carbocycles. The molecule has 0 amide bonds. The van der Waals surface area contributed by atoms with Crippen LogP contribution in [-0.4, -0.2) is 40.6 Å². The van der Waals surface area contributed by atoms with Gasteiger partial charge in [-0.05, 0) is 0 Å². The van der Waals surface area contributed by atoms with Gasteiger partial charge in [0.05, 0.1) is 25.0 Å². The Balaban J connectivity index is 2.62. The summed E-state index contributed by atoms with van der Waals surface area (Å²) in [5.74, 6) is 0. The minimum absolute atomic E-state index is 0.1000. The molecule has 0 saturated heterocycles. The standard InChI is InChI=1S/C11H19ClN4O2/c1-8(2)13-3-4-14-9-7-15-16(5-6-17)11(18)10(9)12/h7-8,13-14,17H,3-6H2,1-2H3. The lowest BCUT2D eigenvalue weighted by Gasteiger charge is -2.11. The van der Waals surface area contributed by atoms with Crippen LogP contribution in [0.3, 0.4) is 0 Å². The highest BCUT2D eigenvalue weighted by Crippen LogP contribution is 2.14. The van der Waals surface area contributed by atoms with Crippen molar-refractivity contribution in [2.24, 2.45) is 0 Å². The Morgan fingerprint density at radius 1 is 1.50 bits per heavy atom. The quantitative estimate of drug-likeness (QED) is 0.623. The fraction of sp³-hybridized carbons (Fsp3) is 0.636. The zero-order valence-corrected chi connectivity index (χ0v) is 11.4. The number of hydrogen-bond donors (Lipinski definition) is 3. The van der Waals surface area contributed by atoms with Crippen LogP contribution in [0.1, 0.15) is 13.8 Å². The maximum atomic E-state index is 11.7. The Morgan fingerprint density at radius 2 is 2.22 bits per heavy atom. The topological polar surface area (TPSA) is 79.2 Å². The SMILES string of the molecule is CC(C)NCCNc1cnn(CCO)c(=O)c1Cl. The van der Waals surface area contributed by atoms with Crippen LogP contribution in [-0.2, 0) is 6.54 Å². The van der Waals surface area contributed by atoms with Crippen LogP contribution in [0.2, 0.25) is 5.02 Å². The Bertz CT molecular complexity index is 434. The van der Waals surface area contributed by atoms with Crippen LogP contribution in [0.5, 0.6) is 0 Å². The summed E-state index contributed by atoms with van der Waals surface area (Å²) in [6.45, 7) is 5.55. The fourth-order valence-electron chi connectivity index (χ4n) is 1.40. The number of anilines is 1. The van der Waals surface area contributed by atoms with Crippen molar-refractivity contribution in [2.45, 2.75) is 26.4 Å².